The molecule has 1 fully saturated rings. The molecule has 0 radical (unpaired) electrons. The van der Waals surface area contributed by atoms with Gasteiger partial charge in [-0.15, -0.1) is 0 Å². The van der Waals surface area contributed by atoms with Crippen molar-refractivity contribution in [2.75, 3.05) is 39.4 Å². The summed E-state index contributed by atoms with van der Waals surface area (Å²) in [5, 5.41) is 11.4. The fourth-order valence-electron chi connectivity index (χ4n) is 4.55. The minimum Gasteiger partial charge on any atom is -0.507 e. The monoisotopic (exact) mass is 503 g/mol. The molecule has 1 amide bonds. The number of anilines is 1. The van der Waals surface area contributed by atoms with E-state index in [0.717, 1.165) is 0 Å². The fraction of sp³-hybridized carbons (Fsp3) is 0.214. The van der Waals surface area contributed by atoms with Gasteiger partial charge >= 0.3 is 0 Å². The lowest BCUT2D eigenvalue weighted by molar-refractivity contribution is -0.132. The number of ether oxygens (including phenoxy) is 5. The Balaban J connectivity index is 1.70. The molecule has 3 aromatic rings. The second-order valence-electron chi connectivity index (χ2n) is 8.34. The third kappa shape index (κ3) is 4.18. The third-order valence-electron chi connectivity index (χ3n) is 6.31. The van der Waals surface area contributed by atoms with Crippen molar-refractivity contribution >= 4 is 23.1 Å². The first-order chi connectivity index (χ1) is 18.0. The topological polar surface area (TPSA) is 104 Å². The molecule has 37 heavy (non-hydrogen) atoms. The van der Waals surface area contributed by atoms with Gasteiger partial charge in [-0.1, -0.05) is 12.1 Å². The van der Waals surface area contributed by atoms with Crippen molar-refractivity contribution < 1.29 is 38.4 Å². The summed E-state index contributed by atoms with van der Waals surface area (Å²) in [5.41, 5.74) is 1.23. The second-order valence-corrected chi connectivity index (χ2v) is 8.34. The number of hydrogen-bond acceptors (Lipinski definition) is 8. The number of hydrogen-bond donors (Lipinski definition) is 1. The van der Waals surface area contributed by atoms with Crippen LogP contribution >= 0.6 is 0 Å². The molecule has 2 heterocycles. The van der Waals surface area contributed by atoms with Crippen LogP contribution in [-0.4, -0.2) is 51.3 Å². The van der Waals surface area contributed by atoms with Gasteiger partial charge < -0.3 is 28.8 Å². The predicted octanol–water partition coefficient (Wildman–Crippen LogP) is 4.11. The normalized spacial score (nSPS) is 18.0. The molecule has 2 aliphatic heterocycles. The average Bonchev–Trinajstić information content (AvgIpc) is 3.21. The summed E-state index contributed by atoms with van der Waals surface area (Å²) >= 11 is 0. The van der Waals surface area contributed by atoms with E-state index >= 15 is 0 Å². The number of Topliss-reactive ketones (excluding diaryl/α,β-unsaturated/α-hetero) is 1. The van der Waals surface area contributed by atoms with Crippen LogP contribution in [0, 0.1) is 0 Å². The van der Waals surface area contributed by atoms with Crippen LogP contribution in [-0.2, 0) is 9.59 Å². The first-order valence-electron chi connectivity index (χ1n) is 11.5. The van der Waals surface area contributed by atoms with E-state index in [1.807, 2.05) is 0 Å². The number of carbonyl (C=O) groups excluding carboxylic acids is 2. The van der Waals surface area contributed by atoms with Crippen LogP contribution in [0.5, 0.6) is 28.7 Å². The Kier molecular flexibility index (Phi) is 6.35. The zero-order valence-corrected chi connectivity index (χ0v) is 20.5. The molecular formula is C28H25NO8. The zero-order chi connectivity index (χ0) is 26.1. The number of benzene rings is 3. The number of aliphatic hydroxyl groups is 1. The molecule has 2 aliphatic rings. The Morgan fingerprint density at radius 3 is 2.35 bits per heavy atom. The number of aliphatic hydroxyl groups excluding tert-OH is 1. The minimum atomic E-state index is -0.939. The van der Waals surface area contributed by atoms with E-state index in [9.17, 15) is 14.7 Å². The summed E-state index contributed by atoms with van der Waals surface area (Å²) in [5.74, 6) is 0.431. The predicted molar refractivity (Wildman–Crippen MR) is 135 cm³/mol. The third-order valence-corrected chi connectivity index (χ3v) is 6.31. The largest absolute Gasteiger partial charge is 0.507 e. The summed E-state index contributed by atoms with van der Waals surface area (Å²) in [4.78, 5) is 28.3. The number of nitrogens with zero attached hydrogens (tertiary/aromatic N) is 1. The Labute approximate surface area is 213 Å². The molecule has 0 bridgehead atoms. The molecule has 0 saturated carbocycles. The smallest absolute Gasteiger partial charge is 0.300 e. The van der Waals surface area contributed by atoms with Gasteiger partial charge in [-0.05, 0) is 48.0 Å². The van der Waals surface area contributed by atoms with Gasteiger partial charge in [0.15, 0.2) is 23.0 Å². The van der Waals surface area contributed by atoms with E-state index in [4.69, 9.17) is 23.7 Å². The lowest BCUT2D eigenvalue weighted by atomic mass is 9.94. The molecular weight excluding hydrogens is 478 g/mol. The number of amides is 1. The Bertz CT molecular complexity index is 1410. The highest BCUT2D eigenvalue weighted by Crippen LogP contribution is 2.45. The Hall–Kier alpha value is -4.66. The lowest BCUT2D eigenvalue weighted by Gasteiger charge is -2.27. The second kappa shape index (κ2) is 9.77. The highest BCUT2D eigenvalue weighted by atomic mass is 16.6. The van der Waals surface area contributed by atoms with Crippen LogP contribution in [0.25, 0.3) is 5.76 Å². The van der Waals surface area contributed by atoms with Gasteiger partial charge in [-0.25, -0.2) is 0 Å². The molecule has 1 N–H and O–H groups in total. The lowest BCUT2D eigenvalue weighted by Crippen LogP contribution is -2.29. The molecule has 0 aliphatic carbocycles. The molecule has 3 aromatic carbocycles. The van der Waals surface area contributed by atoms with E-state index < -0.39 is 17.7 Å². The summed E-state index contributed by atoms with van der Waals surface area (Å²) in [6.45, 7) is 0.792. The molecule has 1 unspecified atom stereocenters. The van der Waals surface area contributed by atoms with Crippen molar-refractivity contribution in [2.24, 2.45) is 0 Å². The summed E-state index contributed by atoms with van der Waals surface area (Å²) in [6, 6.07) is 15.9. The SMILES string of the molecule is COc1cccc(C2/C(=C(\O)c3ccc(OC)c(OC)c3)C(=O)C(=O)N2c2ccc3c(c2)OCCO3)c1. The highest BCUT2D eigenvalue weighted by molar-refractivity contribution is 6.51. The van der Waals surface area contributed by atoms with Crippen molar-refractivity contribution in [1.29, 1.82) is 0 Å². The maximum absolute atomic E-state index is 13.5. The summed E-state index contributed by atoms with van der Waals surface area (Å²) in [6.07, 6.45) is 0. The number of carbonyl (C=O) groups is 2. The summed E-state index contributed by atoms with van der Waals surface area (Å²) in [7, 11) is 4.50. The quantitative estimate of drug-likeness (QED) is 0.305. The van der Waals surface area contributed by atoms with Crippen molar-refractivity contribution in [3.8, 4) is 28.7 Å². The van der Waals surface area contributed by atoms with Gasteiger partial charge in [-0.3, -0.25) is 14.5 Å². The van der Waals surface area contributed by atoms with Gasteiger partial charge in [0, 0.05) is 17.3 Å². The van der Waals surface area contributed by atoms with Gasteiger partial charge in [-0.2, -0.15) is 0 Å². The first-order valence-corrected chi connectivity index (χ1v) is 11.5. The number of rotatable bonds is 6. The van der Waals surface area contributed by atoms with Crippen LogP contribution in [0.2, 0.25) is 0 Å². The van der Waals surface area contributed by atoms with Crippen LogP contribution < -0.4 is 28.6 Å². The van der Waals surface area contributed by atoms with Crippen molar-refractivity contribution in [2.45, 2.75) is 6.04 Å². The van der Waals surface area contributed by atoms with Crippen LogP contribution in [0.4, 0.5) is 5.69 Å². The molecule has 9 heteroatoms. The van der Waals surface area contributed by atoms with Crippen LogP contribution in [0.1, 0.15) is 17.2 Å². The maximum Gasteiger partial charge on any atom is 0.300 e. The Morgan fingerprint density at radius 2 is 1.62 bits per heavy atom. The molecule has 0 aromatic heterocycles. The fourth-order valence-corrected chi connectivity index (χ4v) is 4.55. The molecule has 5 rings (SSSR count). The van der Waals surface area contributed by atoms with E-state index in [2.05, 4.69) is 0 Å². The van der Waals surface area contributed by atoms with Crippen molar-refractivity contribution in [1.82, 2.24) is 0 Å². The van der Waals surface area contributed by atoms with Gasteiger partial charge in [0.25, 0.3) is 11.7 Å². The van der Waals surface area contributed by atoms with Gasteiger partial charge in [0.2, 0.25) is 0 Å². The number of fused-ring (bicyclic) bond motifs is 1. The van der Waals surface area contributed by atoms with E-state index in [1.54, 1.807) is 60.7 Å². The highest BCUT2D eigenvalue weighted by Gasteiger charge is 2.47. The molecule has 9 nitrogen and oxygen atoms in total. The van der Waals surface area contributed by atoms with Crippen LogP contribution in [0.3, 0.4) is 0 Å². The minimum absolute atomic E-state index is 0.0691. The standard InChI is InChI=1S/C28H25NO8/c1-33-19-6-4-5-16(13-19)25-24(26(30)17-7-9-20(34-2)22(14-17)35-3)27(31)28(32)29(25)18-8-10-21-23(15-18)37-12-11-36-21/h4-10,13-15,25,30H,11-12H2,1-3H3/b26-24+. The average molecular weight is 504 g/mol. The molecule has 0 spiro atoms. The molecule has 190 valence electrons. The molecule has 1 atom stereocenters. The van der Waals surface area contributed by atoms with Gasteiger partial charge in [0.1, 0.15) is 24.7 Å². The number of methoxy groups -OCH3 is 3. The van der Waals surface area contributed by atoms with E-state index in [-0.39, 0.29) is 11.3 Å². The first kappa shape index (κ1) is 24.1. The van der Waals surface area contributed by atoms with E-state index in [1.165, 1.54) is 26.2 Å². The zero-order valence-electron chi connectivity index (χ0n) is 20.5. The molecule has 1 saturated heterocycles. The van der Waals surface area contributed by atoms with Crippen molar-refractivity contribution in [3.63, 3.8) is 0 Å². The van der Waals surface area contributed by atoms with E-state index in [0.29, 0.717) is 58.8 Å². The van der Waals surface area contributed by atoms with Crippen molar-refractivity contribution in [3.05, 3.63) is 77.4 Å². The number of ketones is 1. The summed E-state index contributed by atoms with van der Waals surface area (Å²) < 4.78 is 27.3. The maximum atomic E-state index is 13.5. The van der Waals surface area contributed by atoms with Gasteiger partial charge in [0.05, 0.1) is 32.9 Å². The van der Waals surface area contributed by atoms with Crippen LogP contribution in [0.15, 0.2) is 66.2 Å². The Morgan fingerprint density at radius 1 is 0.865 bits per heavy atom.